The smallest absolute Gasteiger partial charge is 0.262 e. The summed E-state index contributed by atoms with van der Waals surface area (Å²) in [5.41, 5.74) is 1.42. The summed E-state index contributed by atoms with van der Waals surface area (Å²) in [7, 11) is 0. The van der Waals surface area contributed by atoms with E-state index in [0.29, 0.717) is 11.4 Å². The summed E-state index contributed by atoms with van der Waals surface area (Å²) >= 11 is 0. The minimum atomic E-state index is -0.230. The van der Waals surface area contributed by atoms with Crippen molar-refractivity contribution in [3.63, 3.8) is 0 Å². The molecule has 2 rings (SSSR count). The second-order valence-corrected chi connectivity index (χ2v) is 3.53. The van der Waals surface area contributed by atoms with Crippen molar-refractivity contribution in [3.8, 4) is 11.5 Å². The van der Waals surface area contributed by atoms with Crippen LogP contribution in [0.15, 0.2) is 12.1 Å². The fourth-order valence-corrected chi connectivity index (χ4v) is 1.68. The number of ether oxygens (including phenoxy) is 1. The predicted octanol–water partition coefficient (Wildman–Crippen LogP) is 1.68. The first-order chi connectivity index (χ1) is 7.22. The zero-order valence-electron chi connectivity index (χ0n) is 8.54. The molecule has 0 fully saturated rings. The van der Waals surface area contributed by atoms with Crippen LogP contribution >= 0.6 is 0 Å². The fourth-order valence-electron chi connectivity index (χ4n) is 1.68. The lowest BCUT2D eigenvalue weighted by molar-refractivity contribution is -0.118. The zero-order chi connectivity index (χ0) is 10.8. The largest absolute Gasteiger partial charge is 0.506 e. The predicted molar refractivity (Wildman–Crippen MR) is 56.2 cm³/mol. The number of anilines is 1. The van der Waals surface area contributed by atoms with Crippen molar-refractivity contribution in [1.29, 1.82) is 0 Å². The van der Waals surface area contributed by atoms with E-state index < -0.39 is 0 Å². The Bertz CT molecular complexity index is 401. The van der Waals surface area contributed by atoms with Gasteiger partial charge in [-0.25, -0.2) is 0 Å². The maximum absolute atomic E-state index is 11.1. The van der Waals surface area contributed by atoms with Gasteiger partial charge in [0.15, 0.2) is 12.4 Å². The van der Waals surface area contributed by atoms with E-state index in [2.05, 4.69) is 12.2 Å². The molecule has 0 aromatic heterocycles. The summed E-state index contributed by atoms with van der Waals surface area (Å²) in [6, 6.07) is 3.41. The van der Waals surface area contributed by atoms with E-state index in [0.717, 1.165) is 18.4 Å². The molecule has 1 aliphatic heterocycles. The first-order valence-corrected chi connectivity index (χ1v) is 5.00. The van der Waals surface area contributed by atoms with E-state index in [1.165, 1.54) is 0 Å². The molecule has 1 aliphatic rings. The van der Waals surface area contributed by atoms with Crippen molar-refractivity contribution in [2.75, 3.05) is 11.9 Å². The highest BCUT2D eigenvalue weighted by molar-refractivity contribution is 5.97. The number of phenolic OH excluding ortho intramolecular Hbond substituents is 1. The highest BCUT2D eigenvalue weighted by atomic mass is 16.5. The number of carbonyl (C=O) groups excluding carboxylic acids is 1. The zero-order valence-corrected chi connectivity index (χ0v) is 8.54. The van der Waals surface area contributed by atoms with E-state index in [4.69, 9.17) is 4.74 Å². The van der Waals surface area contributed by atoms with E-state index in [1.807, 2.05) is 6.07 Å². The van der Waals surface area contributed by atoms with Gasteiger partial charge in [0.25, 0.3) is 5.91 Å². The molecule has 4 nitrogen and oxygen atoms in total. The van der Waals surface area contributed by atoms with E-state index >= 15 is 0 Å². The summed E-state index contributed by atoms with van der Waals surface area (Å²) in [6.07, 6.45) is 1.87. The van der Waals surface area contributed by atoms with Crippen molar-refractivity contribution in [1.82, 2.24) is 0 Å². The van der Waals surface area contributed by atoms with Crippen LogP contribution in [0.25, 0.3) is 0 Å². The van der Waals surface area contributed by atoms with Crippen LogP contribution in [0, 0.1) is 0 Å². The lowest BCUT2D eigenvalue weighted by Gasteiger charge is -2.21. The van der Waals surface area contributed by atoms with Gasteiger partial charge in [0.2, 0.25) is 0 Å². The van der Waals surface area contributed by atoms with Crippen molar-refractivity contribution in [3.05, 3.63) is 17.7 Å². The number of hydrogen-bond acceptors (Lipinski definition) is 3. The number of rotatable bonds is 2. The summed E-state index contributed by atoms with van der Waals surface area (Å²) < 4.78 is 5.33. The highest BCUT2D eigenvalue weighted by Crippen LogP contribution is 2.39. The van der Waals surface area contributed by atoms with Gasteiger partial charge in [-0.2, -0.15) is 0 Å². The molecule has 0 atom stereocenters. The first kappa shape index (κ1) is 9.83. The Kier molecular flexibility index (Phi) is 2.49. The number of nitrogens with one attached hydrogen (secondary N) is 1. The minimum absolute atomic E-state index is 0.0210. The summed E-state index contributed by atoms with van der Waals surface area (Å²) in [4.78, 5) is 11.1. The standard InChI is InChI=1S/C11H13NO3/c1-2-3-7-4-5-8(13)10-11(7)15-6-9(14)12-10/h4-5,13H,2-3,6H2,1H3,(H,12,14). The lowest BCUT2D eigenvalue weighted by Crippen LogP contribution is -2.26. The Balaban J connectivity index is 2.45. The maximum atomic E-state index is 11.1. The molecule has 0 aliphatic carbocycles. The van der Waals surface area contributed by atoms with Crippen LogP contribution in [-0.4, -0.2) is 17.6 Å². The molecule has 0 saturated carbocycles. The molecule has 1 aromatic carbocycles. The SMILES string of the molecule is CCCc1ccc(O)c2c1OCC(=O)N2. The number of fused-ring (bicyclic) bond motifs is 1. The van der Waals surface area contributed by atoms with Gasteiger partial charge < -0.3 is 15.2 Å². The number of aromatic hydroxyl groups is 1. The second kappa shape index (κ2) is 3.81. The number of aryl methyl sites for hydroxylation is 1. The number of hydrogen-bond donors (Lipinski definition) is 2. The first-order valence-electron chi connectivity index (χ1n) is 5.00. The van der Waals surface area contributed by atoms with Crippen LogP contribution in [0.2, 0.25) is 0 Å². The quantitative estimate of drug-likeness (QED) is 0.725. The molecule has 4 heteroatoms. The number of carbonyl (C=O) groups is 1. The van der Waals surface area contributed by atoms with Crippen molar-refractivity contribution in [2.24, 2.45) is 0 Å². The van der Waals surface area contributed by atoms with Gasteiger partial charge in [-0.3, -0.25) is 4.79 Å². The van der Waals surface area contributed by atoms with Crippen LogP contribution in [-0.2, 0) is 11.2 Å². The van der Waals surface area contributed by atoms with Gasteiger partial charge in [0, 0.05) is 0 Å². The highest BCUT2D eigenvalue weighted by Gasteiger charge is 2.21. The summed E-state index contributed by atoms with van der Waals surface area (Å²) in [5, 5.41) is 12.2. The molecule has 0 unspecified atom stereocenters. The van der Waals surface area contributed by atoms with Crippen LogP contribution in [0.1, 0.15) is 18.9 Å². The third-order valence-electron chi connectivity index (χ3n) is 2.35. The monoisotopic (exact) mass is 207 g/mol. The Morgan fingerprint density at radius 3 is 3.07 bits per heavy atom. The van der Waals surface area contributed by atoms with Crippen LogP contribution in [0.5, 0.6) is 11.5 Å². The van der Waals surface area contributed by atoms with Gasteiger partial charge in [0.1, 0.15) is 11.4 Å². The molecule has 0 saturated heterocycles. The Morgan fingerprint density at radius 1 is 1.53 bits per heavy atom. The third-order valence-corrected chi connectivity index (χ3v) is 2.35. The molecule has 15 heavy (non-hydrogen) atoms. The van der Waals surface area contributed by atoms with Gasteiger partial charge in [-0.1, -0.05) is 19.4 Å². The average Bonchev–Trinajstić information content (AvgIpc) is 2.23. The minimum Gasteiger partial charge on any atom is -0.506 e. The van der Waals surface area contributed by atoms with Crippen LogP contribution in [0.3, 0.4) is 0 Å². The van der Waals surface area contributed by atoms with E-state index in [1.54, 1.807) is 6.07 Å². The lowest BCUT2D eigenvalue weighted by atomic mass is 10.1. The molecular formula is C11H13NO3. The van der Waals surface area contributed by atoms with Crippen LogP contribution < -0.4 is 10.1 Å². The summed E-state index contributed by atoms with van der Waals surface area (Å²) in [5.74, 6) is 0.431. The molecule has 0 bridgehead atoms. The summed E-state index contributed by atoms with van der Waals surface area (Å²) in [6.45, 7) is 2.09. The van der Waals surface area contributed by atoms with E-state index in [-0.39, 0.29) is 18.3 Å². The molecule has 80 valence electrons. The molecular weight excluding hydrogens is 194 g/mol. The van der Waals surface area contributed by atoms with Crippen molar-refractivity contribution >= 4 is 11.6 Å². The van der Waals surface area contributed by atoms with Gasteiger partial charge in [-0.05, 0) is 18.1 Å². The number of phenols is 1. The molecule has 1 aromatic rings. The fraction of sp³-hybridized carbons (Fsp3) is 0.364. The molecule has 2 N–H and O–H groups in total. The Hall–Kier alpha value is -1.71. The molecule has 1 amide bonds. The van der Waals surface area contributed by atoms with Gasteiger partial charge in [0.05, 0.1) is 0 Å². The Morgan fingerprint density at radius 2 is 2.33 bits per heavy atom. The molecule has 1 heterocycles. The number of benzene rings is 1. The van der Waals surface area contributed by atoms with Gasteiger partial charge >= 0.3 is 0 Å². The number of amides is 1. The molecule has 0 spiro atoms. The van der Waals surface area contributed by atoms with Gasteiger partial charge in [-0.15, -0.1) is 0 Å². The average molecular weight is 207 g/mol. The van der Waals surface area contributed by atoms with Crippen LogP contribution in [0.4, 0.5) is 5.69 Å². The Labute approximate surface area is 87.9 Å². The molecule has 0 radical (unpaired) electrons. The normalized spacial score (nSPS) is 14.1. The second-order valence-electron chi connectivity index (χ2n) is 3.53. The van der Waals surface area contributed by atoms with Crippen molar-refractivity contribution in [2.45, 2.75) is 19.8 Å². The van der Waals surface area contributed by atoms with Crippen molar-refractivity contribution < 1.29 is 14.6 Å². The topological polar surface area (TPSA) is 58.6 Å². The third kappa shape index (κ3) is 1.75. The maximum Gasteiger partial charge on any atom is 0.262 e. The van der Waals surface area contributed by atoms with E-state index in [9.17, 15) is 9.90 Å².